The molecule has 25 heavy (non-hydrogen) atoms. The summed E-state index contributed by atoms with van der Waals surface area (Å²) >= 11 is 0. The Morgan fingerprint density at radius 1 is 1.12 bits per heavy atom. The van der Waals surface area contributed by atoms with Gasteiger partial charge < -0.3 is 20.4 Å². The molecule has 2 heterocycles. The molecule has 2 rings (SSSR count). The van der Waals surface area contributed by atoms with Crippen molar-refractivity contribution in [3.8, 4) is 0 Å². The van der Waals surface area contributed by atoms with Crippen LogP contribution in [0.1, 0.15) is 53.4 Å². The van der Waals surface area contributed by atoms with Gasteiger partial charge in [0.1, 0.15) is 0 Å². The van der Waals surface area contributed by atoms with E-state index in [1.54, 1.807) is 0 Å². The zero-order valence-corrected chi connectivity index (χ0v) is 19.1. The highest BCUT2D eigenvalue weighted by Gasteiger charge is 2.23. The minimum absolute atomic E-state index is 0. The van der Waals surface area contributed by atoms with Crippen molar-refractivity contribution in [3.05, 3.63) is 0 Å². The van der Waals surface area contributed by atoms with Crippen molar-refractivity contribution < 1.29 is 0 Å². The minimum atomic E-state index is 0. The lowest BCUT2D eigenvalue weighted by molar-refractivity contribution is 0.167. The predicted molar refractivity (Wildman–Crippen MR) is 119 cm³/mol. The Labute approximate surface area is 172 Å². The molecule has 2 fully saturated rings. The van der Waals surface area contributed by atoms with Crippen LogP contribution >= 0.6 is 24.0 Å². The molecule has 1 atom stereocenters. The van der Waals surface area contributed by atoms with Gasteiger partial charge >= 0.3 is 0 Å². The molecule has 0 aromatic heterocycles. The molecule has 0 bridgehead atoms. The molecule has 2 N–H and O–H groups in total. The van der Waals surface area contributed by atoms with E-state index in [-0.39, 0.29) is 24.0 Å². The Morgan fingerprint density at radius 2 is 1.84 bits per heavy atom. The van der Waals surface area contributed by atoms with Crippen LogP contribution in [0.25, 0.3) is 0 Å². The summed E-state index contributed by atoms with van der Waals surface area (Å²) in [6, 6.07) is 1.24. The fourth-order valence-corrected chi connectivity index (χ4v) is 3.88. The average molecular weight is 465 g/mol. The second-order valence-electron chi connectivity index (χ2n) is 7.72. The lowest BCUT2D eigenvalue weighted by atomic mass is 10.0. The van der Waals surface area contributed by atoms with Crippen LogP contribution in [0.2, 0.25) is 0 Å². The van der Waals surface area contributed by atoms with Gasteiger partial charge in [0.25, 0.3) is 0 Å². The van der Waals surface area contributed by atoms with Crippen molar-refractivity contribution in [2.24, 2.45) is 10.9 Å². The van der Waals surface area contributed by atoms with Gasteiger partial charge in [-0.15, -0.1) is 24.0 Å². The summed E-state index contributed by atoms with van der Waals surface area (Å²) in [5.41, 5.74) is 0. The molecule has 2 aliphatic heterocycles. The third-order valence-electron chi connectivity index (χ3n) is 5.36. The summed E-state index contributed by atoms with van der Waals surface area (Å²) in [7, 11) is 0. The van der Waals surface area contributed by atoms with Gasteiger partial charge in [0, 0.05) is 44.8 Å². The fourth-order valence-electron chi connectivity index (χ4n) is 3.88. The van der Waals surface area contributed by atoms with E-state index in [9.17, 15) is 0 Å². The van der Waals surface area contributed by atoms with E-state index in [1.807, 2.05) is 0 Å². The number of likely N-dealkylation sites (tertiary alicyclic amines) is 2. The van der Waals surface area contributed by atoms with Gasteiger partial charge in [-0.25, -0.2) is 0 Å². The van der Waals surface area contributed by atoms with E-state index in [0.29, 0.717) is 12.1 Å². The molecule has 0 spiro atoms. The number of aliphatic imine (C=N–C) groups is 1. The SMILES string of the molecule is CCCN1CCC(CN=C(NCC)NC2CCN(C(C)C)CC2)C1.I. The normalized spacial score (nSPS) is 23.7. The van der Waals surface area contributed by atoms with Crippen LogP contribution in [0.5, 0.6) is 0 Å². The zero-order valence-electron chi connectivity index (χ0n) is 16.8. The maximum atomic E-state index is 4.89. The number of hydrogen-bond donors (Lipinski definition) is 2. The van der Waals surface area contributed by atoms with Crippen LogP contribution in [0.4, 0.5) is 0 Å². The molecule has 0 saturated carbocycles. The van der Waals surface area contributed by atoms with E-state index in [4.69, 9.17) is 4.99 Å². The first-order valence-electron chi connectivity index (χ1n) is 10.1. The van der Waals surface area contributed by atoms with Gasteiger partial charge in [0.2, 0.25) is 0 Å². The topological polar surface area (TPSA) is 42.9 Å². The summed E-state index contributed by atoms with van der Waals surface area (Å²) in [6.07, 6.45) is 5.00. The lowest BCUT2D eigenvalue weighted by Gasteiger charge is -2.35. The summed E-state index contributed by atoms with van der Waals surface area (Å²) in [5, 5.41) is 7.11. The summed E-state index contributed by atoms with van der Waals surface area (Å²) in [6.45, 7) is 17.0. The molecule has 148 valence electrons. The number of nitrogens with one attached hydrogen (secondary N) is 2. The average Bonchev–Trinajstić information content (AvgIpc) is 3.01. The molecule has 0 aliphatic carbocycles. The van der Waals surface area contributed by atoms with Crippen molar-refractivity contribution in [3.63, 3.8) is 0 Å². The van der Waals surface area contributed by atoms with E-state index in [1.165, 1.54) is 58.4 Å². The largest absolute Gasteiger partial charge is 0.357 e. The second kappa shape index (κ2) is 12.3. The Kier molecular flexibility index (Phi) is 11.3. The molecule has 2 aliphatic rings. The first-order valence-corrected chi connectivity index (χ1v) is 10.1. The van der Waals surface area contributed by atoms with Crippen LogP contribution < -0.4 is 10.6 Å². The monoisotopic (exact) mass is 465 g/mol. The van der Waals surface area contributed by atoms with E-state index < -0.39 is 0 Å². The third kappa shape index (κ3) is 7.99. The van der Waals surface area contributed by atoms with Gasteiger partial charge in [-0.3, -0.25) is 4.99 Å². The molecular weight excluding hydrogens is 425 g/mol. The highest BCUT2D eigenvalue weighted by atomic mass is 127. The summed E-state index contributed by atoms with van der Waals surface area (Å²) in [5.74, 6) is 1.75. The van der Waals surface area contributed by atoms with Gasteiger partial charge in [0.15, 0.2) is 5.96 Å². The van der Waals surface area contributed by atoms with Gasteiger partial charge in [-0.1, -0.05) is 6.92 Å². The Balaban J connectivity index is 0.00000312. The molecule has 0 aromatic rings. The molecule has 5 nitrogen and oxygen atoms in total. The number of nitrogens with zero attached hydrogens (tertiary/aromatic N) is 3. The smallest absolute Gasteiger partial charge is 0.191 e. The van der Waals surface area contributed by atoms with Crippen molar-refractivity contribution >= 4 is 29.9 Å². The van der Waals surface area contributed by atoms with Crippen molar-refractivity contribution in [2.45, 2.75) is 65.5 Å². The second-order valence-corrected chi connectivity index (χ2v) is 7.72. The number of halogens is 1. The first kappa shape index (κ1) is 23.0. The molecule has 0 radical (unpaired) electrons. The maximum Gasteiger partial charge on any atom is 0.191 e. The standard InChI is InChI=1S/C19H39N5.HI/c1-5-10-23-11-7-17(15-23)14-21-19(20-6-2)22-18-8-12-24(13-9-18)16(3)4;/h16-18H,5-15H2,1-4H3,(H2,20,21,22);1H. The van der Waals surface area contributed by atoms with E-state index in [0.717, 1.165) is 25.0 Å². The van der Waals surface area contributed by atoms with Crippen molar-refractivity contribution in [1.29, 1.82) is 0 Å². The van der Waals surface area contributed by atoms with Crippen LogP contribution in [0, 0.1) is 5.92 Å². The van der Waals surface area contributed by atoms with Gasteiger partial charge in [-0.2, -0.15) is 0 Å². The zero-order chi connectivity index (χ0) is 17.4. The minimum Gasteiger partial charge on any atom is -0.357 e. The highest BCUT2D eigenvalue weighted by molar-refractivity contribution is 14.0. The number of piperidine rings is 1. The van der Waals surface area contributed by atoms with Crippen LogP contribution in [0.15, 0.2) is 4.99 Å². The highest BCUT2D eigenvalue weighted by Crippen LogP contribution is 2.17. The molecule has 1 unspecified atom stereocenters. The Morgan fingerprint density at radius 3 is 2.44 bits per heavy atom. The molecule has 2 saturated heterocycles. The van der Waals surface area contributed by atoms with Crippen LogP contribution in [-0.2, 0) is 0 Å². The molecule has 0 aromatic carbocycles. The van der Waals surface area contributed by atoms with E-state index >= 15 is 0 Å². The number of rotatable bonds is 7. The van der Waals surface area contributed by atoms with Crippen LogP contribution in [-0.4, -0.2) is 73.7 Å². The number of hydrogen-bond acceptors (Lipinski definition) is 3. The quantitative estimate of drug-likeness (QED) is 0.345. The lowest BCUT2D eigenvalue weighted by Crippen LogP contribution is -2.50. The third-order valence-corrected chi connectivity index (χ3v) is 5.36. The summed E-state index contributed by atoms with van der Waals surface area (Å²) < 4.78 is 0. The molecule has 0 amide bonds. The van der Waals surface area contributed by atoms with Crippen molar-refractivity contribution in [2.75, 3.05) is 45.8 Å². The Bertz CT molecular complexity index is 380. The van der Waals surface area contributed by atoms with Crippen molar-refractivity contribution in [1.82, 2.24) is 20.4 Å². The maximum absolute atomic E-state index is 4.89. The molecular formula is C19H40IN5. The Hall–Kier alpha value is -0.0800. The van der Waals surface area contributed by atoms with Crippen LogP contribution in [0.3, 0.4) is 0 Å². The van der Waals surface area contributed by atoms with Gasteiger partial charge in [-0.05, 0) is 65.5 Å². The first-order chi connectivity index (χ1) is 11.6. The summed E-state index contributed by atoms with van der Waals surface area (Å²) in [4.78, 5) is 10.1. The van der Waals surface area contributed by atoms with Gasteiger partial charge in [0.05, 0.1) is 0 Å². The fraction of sp³-hybridized carbons (Fsp3) is 0.947. The van der Waals surface area contributed by atoms with E-state index in [2.05, 4.69) is 48.1 Å². The predicted octanol–water partition coefficient (Wildman–Crippen LogP) is 2.76. The molecule has 6 heteroatoms. The number of guanidine groups is 1.